The number of nitrogens with zero attached hydrogens (tertiary/aromatic N) is 3. The molecule has 0 saturated heterocycles. The summed E-state index contributed by atoms with van der Waals surface area (Å²) < 4.78 is 1.81. The maximum atomic E-state index is 12.2. The van der Waals surface area contributed by atoms with Crippen molar-refractivity contribution in [1.29, 1.82) is 5.26 Å². The molecule has 1 heterocycles. The number of hydrogen-bond acceptors (Lipinski definition) is 3. The largest absolute Gasteiger partial charge is 0.350 e. The molecule has 1 aliphatic carbocycles. The Kier molecular flexibility index (Phi) is 3.61. The number of aryl methyl sites for hydroxylation is 2. The number of aromatic nitrogens is 2. The smallest absolute Gasteiger partial charge is 0.240 e. The van der Waals surface area contributed by atoms with E-state index in [0.717, 1.165) is 29.8 Å². The van der Waals surface area contributed by atoms with Gasteiger partial charge in [0.15, 0.2) is 0 Å². The van der Waals surface area contributed by atoms with Gasteiger partial charge in [-0.2, -0.15) is 10.4 Å². The van der Waals surface area contributed by atoms with Crippen LogP contribution in [0.4, 0.5) is 0 Å². The molecule has 0 aliphatic heterocycles. The van der Waals surface area contributed by atoms with Crippen LogP contribution in [-0.4, -0.2) is 15.7 Å². The predicted molar refractivity (Wildman–Crippen MR) is 71.0 cm³/mol. The van der Waals surface area contributed by atoms with Crippen molar-refractivity contribution in [3.8, 4) is 6.07 Å². The minimum Gasteiger partial charge on any atom is -0.350 e. The van der Waals surface area contributed by atoms with E-state index in [4.69, 9.17) is 0 Å². The van der Waals surface area contributed by atoms with Crippen LogP contribution in [0.25, 0.3) is 0 Å². The third kappa shape index (κ3) is 2.35. The number of rotatable bonds is 3. The van der Waals surface area contributed by atoms with Crippen molar-refractivity contribution in [2.45, 2.75) is 46.1 Å². The predicted octanol–water partition coefficient (Wildman–Crippen LogP) is 1.74. The molecule has 1 saturated carbocycles. The van der Waals surface area contributed by atoms with E-state index < -0.39 is 5.41 Å². The molecule has 2 rings (SSSR count). The molecule has 0 radical (unpaired) electrons. The van der Waals surface area contributed by atoms with Gasteiger partial charge in [0.2, 0.25) is 5.91 Å². The van der Waals surface area contributed by atoms with Crippen LogP contribution in [-0.2, 0) is 18.4 Å². The topological polar surface area (TPSA) is 70.7 Å². The summed E-state index contributed by atoms with van der Waals surface area (Å²) in [5.41, 5.74) is 2.22. The van der Waals surface area contributed by atoms with Gasteiger partial charge >= 0.3 is 0 Å². The molecule has 5 nitrogen and oxygen atoms in total. The summed E-state index contributed by atoms with van der Waals surface area (Å²) >= 11 is 0. The second-order valence-electron chi connectivity index (χ2n) is 5.36. The molecule has 1 aromatic rings. The standard InChI is InChI=1S/C14H20N4O/c1-10-12(11(2)18(3)17-10)8-16-13(19)14(9-15)6-4-5-7-14/h4-8H2,1-3H3,(H,16,19). The summed E-state index contributed by atoms with van der Waals surface area (Å²) in [4.78, 5) is 12.2. The van der Waals surface area contributed by atoms with E-state index in [1.807, 2.05) is 25.6 Å². The maximum absolute atomic E-state index is 12.2. The summed E-state index contributed by atoms with van der Waals surface area (Å²) in [5, 5.41) is 16.5. The number of carbonyl (C=O) groups is 1. The van der Waals surface area contributed by atoms with Gasteiger partial charge in [-0.15, -0.1) is 0 Å². The Hall–Kier alpha value is -1.83. The molecule has 1 N–H and O–H groups in total. The molecule has 1 amide bonds. The van der Waals surface area contributed by atoms with Gasteiger partial charge in [-0.1, -0.05) is 12.8 Å². The molecule has 0 spiro atoms. The quantitative estimate of drug-likeness (QED) is 0.899. The van der Waals surface area contributed by atoms with Gasteiger partial charge < -0.3 is 5.32 Å². The number of carbonyl (C=O) groups excluding carboxylic acids is 1. The lowest BCUT2D eigenvalue weighted by Gasteiger charge is -2.19. The Morgan fingerprint density at radius 3 is 2.58 bits per heavy atom. The van der Waals surface area contributed by atoms with Gasteiger partial charge in [0.1, 0.15) is 5.41 Å². The highest BCUT2D eigenvalue weighted by molar-refractivity contribution is 5.85. The Morgan fingerprint density at radius 2 is 2.11 bits per heavy atom. The Balaban J connectivity index is 2.07. The lowest BCUT2D eigenvalue weighted by atomic mass is 9.87. The first-order chi connectivity index (χ1) is 9.00. The number of nitriles is 1. The zero-order chi connectivity index (χ0) is 14.0. The summed E-state index contributed by atoms with van der Waals surface area (Å²) in [5.74, 6) is -0.129. The fourth-order valence-corrected chi connectivity index (χ4v) is 2.78. The first kappa shape index (κ1) is 13.6. The minimum absolute atomic E-state index is 0.129. The van der Waals surface area contributed by atoms with Crippen LogP contribution in [0.2, 0.25) is 0 Å². The second kappa shape index (κ2) is 5.04. The van der Waals surface area contributed by atoms with Crippen molar-refractivity contribution in [3.63, 3.8) is 0 Å². The zero-order valence-corrected chi connectivity index (χ0v) is 11.8. The molecular weight excluding hydrogens is 240 g/mol. The van der Waals surface area contributed by atoms with Crippen LogP contribution in [0.15, 0.2) is 0 Å². The summed E-state index contributed by atoms with van der Waals surface area (Å²) in [6.07, 6.45) is 3.29. The Morgan fingerprint density at radius 1 is 1.47 bits per heavy atom. The van der Waals surface area contributed by atoms with Gasteiger partial charge in [0.25, 0.3) is 0 Å². The van der Waals surface area contributed by atoms with Gasteiger partial charge in [-0.05, 0) is 26.7 Å². The van der Waals surface area contributed by atoms with Crippen molar-refractivity contribution in [2.75, 3.05) is 0 Å². The molecule has 102 valence electrons. The van der Waals surface area contributed by atoms with E-state index in [1.54, 1.807) is 0 Å². The highest BCUT2D eigenvalue weighted by Crippen LogP contribution is 2.37. The first-order valence-electron chi connectivity index (χ1n) is 6.69. The number of nitrogens with one attached hydrogen (secondary N) is 1. The van der Waals surface area contributed by atoms with E-state index in [9.17, 15) is 10.1 Å². The molecule has 0 unspecified atom stereocenters. The molecule has 19 heavy (non-hydrogen) atoms. The van der Waals surface area contributed by atoms with Crippen LogP contribution < -0.4 is 5.32 Å². The zero-order valence-electron chi connectivity index (χ0n) is 11.8. The Bertz CT molecular complexity index is 532. The fraction of sp³-hybridized carbons (Fsp3) is 0.643. The van der Waals surface area contributed by atoms with E-state index in [0.29, 0.717) is 19.4 Å². The first-order valence-corrected chi connectivity index (χ1v) is 6.69. The third-order valence-corrected chi connectivity index (χ3v) is 4.19. The van der Waals surface area contributed by atoms with Crippen LogP contribution in [0, 0.1) is 30.6 Å². The van der Waals surface area contributed by atoms with Gasteiger partial charge in [0, 0.05) is 24.8 Å². The van der Waals surface area contributed by atoms with Crippen molar-refractivity contribution < 1.29 is 4.79 Å². The molecule has 0 bridgehead atoms. The van der Waals surface area contributed by atoms with Gasteiger partial charge in [-0.3, -0.25) is 9.48 Å². The highest BCUT2D eigenvalue weighted by Gasteiger charge is 2.41. The Labute approximate surface area is 113 Å². The van der Waals surface area contributed by atoms with Crippen LogP contribution in [0.1, 0.15) is 42.6 Å². The number of hydrogen-bond donors (Lipinski definition) is 1. The molecular formula is C14H20N4O. The van der Waals surface area contributed by atoms with Gasteiger partial charge in [-0.25, -0.2) is 0 Å². The minimum atomic E-state index is -0.802. The van der Waals surface area contributed by atoms with E-state index >= 15 is 0 Å². The fourth-order valence-electron chi connectivity index (χ4n) is 2.78. The molecule has 0 aromatic carbocycles. The van der Waals surface area contributed by atoms with Crippen LogP contribution >= 0.6 is 0 Å². The third-order valence-electron chi connectivity index (χ3n) is 4.19. The van der Waals surface area contributed by atoms with E-state index in [-0.39, 0.29) is 5.91 Å². The normalized spacial score (nSPS) is 17.2. The monoisotopic (exact) mass is 260 g/mol. The highest BCUT2D eigenvalue weighted by atomic mass is 16.2. The summed E-state index contributed by atoms with van der Waals surface area (Å²) in [6, 6.07) is 2.22. The lowest BCUT2D eigenvalue weighted by molar-refractivity contribution is -0.128. The van der Waals surface area contributed by atoms with Crippen molar-refractivity contribution in [3.05, 3.63) is 17.0 Å². The van der Waals surface area contributed by atoms with Crippen LogP contribution in [0.3, 0.4) is 0 Å². The molecule has 1 aliphatic rings. The van der Waals surface area contributed by atoms with Crippen molar-refractivity contribution >= 4 is 5.91 Å². The summed E-state index contributed by atoms with van der Waals surface area (Å²) in [7, 11) is 1.89. The molecule has 5 heteroatoms. The SMILES string of the molecule is Cc1nn(C)c(C)c1CNC(=O)C1(C#N)CCCC1. The lowest BCUT2D eigenvalue weighted by Crippen LogP contribution is -2.38. The second-order valence-corrected chi connectivity index (χ2v) is 5.36. The van der Waals surface area contributed by atoms with Crippen molar-refractivity contribution in [2.24, 2.45) is 12.5 Å². The average Bonchev–Trinajstić information content (AvgIpc) is 2.95. The van der Waals surface area contributed by atoms with E-state index in [1.165, 1.54) is 0 Å². The van der Waals surface area contributed by atoms with Crippen molar-refractivity contribution in [1.82, 2.24) is 15.1 Å². The maximum Gasteiger partial charge on any atom is 0.240 e. The van der Waals surface area contributed by atoms with E-state index in [2.05, 4.69) is 16.5 Å². The summed E-state index contributed by atoms with van der Waals surface area (Å²) in [6.45, 7) is 4.37. The molecule has 1 aromatic heterocycles. The van der Waals surface area contributed by atoms with Gasteiger partial charge in [0.05, 0.1) is 11.8 Å². The molecule has 1 fully saturated rings. The number of amides is 1. The van der Waals surface area contributed by atoms with Crippen LogP contribution in [0.5, 0.6) is 0 Å². The average molecular weight is 260 g/mol. The molecule has 0 atom stereocenters.